The summed E-state index contributed by atoms with van der Waals surface area (Å²) in [5.74, 6) is -17.8. The van der Waals surface area contributed by atoms with Crippen molar-refractivity contribution < 1.29 is 104 Å². The smallest absolute Gasteiger partial charge is 0.451 e. The van der Waals surface area contributed by atoms with Crippen molar-refractivity contribution in [1.29, 1.82) is 0 Å². The summed E-state index contributed by atoms with van der Waals surface area (Å²) in [6, 6.07) is 10.2. The zero-order chi connectivity index (χ0) is 40.7. The van der Waals surface area contributed by atoms with Crippen molar-refractivity contribution in [3.63, 3.8) is 0 Å². The summed E-state index contributed by atoms with van der Waals surface area (Å²) >= 11 is 0. The molecule has 0 aliphatic rings. The van der Waals surface area contributed by atoms with Gasteiger partial charge in [0.25, 0.3) is 0 Å². The lowest BCUT2D eigenvalue weighted by atomic mass is 10.1. The second-order valence-corrected chi connectivity index (χ2v) is 11.2. The van der Waals surface area contributed by atoms with E-state index in [2.05, 4.69) is 18.9 Å². The Morgan fingerprint density at radius 1 is 0.566 bits per heavy atom. The van der Waals surface area contributed by atoms with E-state index in [0.717, 1.165) is 18.2 Å². The zero-order valence-electron chi connectivity index (χ0n) is 27.3. The molecular formula is C30H29F15O8. The summed E-state index contributed by atoms with van der Waals surface area (Å²) in [7, 11) is 0. The molecule has 2 atom stereocenters. The van der Waals surface area contributed by atoms with Crippen LogP contribution in [0.5, 0.6) is 17.2 Å². The first-order chi connectivity index (χ1) is 23.9. The topological polar surface area (TPSA) is 81.7 Å². The molecule has 2 unspecified atom stereocenters. The second-order valence-electron chi connectivity index (χ2n) is 11.2. The van der Waals surface area contributed by atoms with Crippen molar-refractivity contribution in [3.8, 4) is 17.2 Å². The molecule has 0 aromatic heterocycles. The monoisotopic (exact) mass is 802 g/mol. The van der Waals surface area contributed by atoms with E-state index in [1.165, 1.54) is 24.3 Å². The van der Waals surface area contributed by atoms with E-state index in [1.54, 1.807) is 6.07 Å². The van der Waals surface area contributed by atoms with Crippen molar-refractivity contribution in [2.75, 3.05) is 39.6 Å². The lowest BCUT2D eigenvalue weighted by molar-refractivity contribution is -0.453. The van der Waals surface area contributed by atoms with Crippen molar-refractivity contribution in [2.45, 2.75) is 68.6 Å². The van der Waals surface area contributed by atoms with Crippen LogP contribution in [0.1, 0.15) is 31.1 Å². The van der Waals surface area contributed by atoms with E-state index in [0.29, 0.717) is 0 Å². The van der Waals surface area contributed by atoms with Crippen LogP contribution >= 0.6 is 0 Å². The first-order valence-corrected chi connectivity index (χ1v) is 14.5. The highest BCUT2D eigenvalue weighted by Gasteiger charge is 2.68. The number of rotatable bonds is 20. The van der Waals surface area contributed by atoms with Gasteiger partial charge in [0.05, 0.1) is 18.8 Å². The second kappa shape index (κ2) is 16.8. The van der Waals surface area contributed by atoms with Gasteiger partial charge >= 0.3 is 48.2 Å². The van der Waals surface area contributed by atoms with Crippen LogP contribution in [0.2, 0.25) is 0 Å². The predicted octanol–water partition coefficient (Wildman–Crippen LogP) is 8.77. The minimum Gasteiger partial charge on any atom is -0.487 e. The molecular weight excluding hydrogens is 773 g/mol. The largest absolute Gasteiger partial charge is 0.487 e. The van der Waals surface area contributed by atoms with E-state index in [9.17, 15) is 70.7 Å². The predicted molar refractivity (Wildman–Crippen MR) is 148 cm³/mol. The summed E-state index contributed by atoms with van der Waals surface area (Å²) in [6.07, 6.45) is -23.7. The summed E-state index contributed by atoms with van der Waals surface area (Å²) in [5, 5.41) is 0. The number of carbonyl (C=O) groups excluding carboxylic acids is 1. The first kappa shape index (κ1) is 45.5. The molecule has 2 rings (SSSR count). The molecule has 0 spiro atoms. The van der Waals surface area contributed by atoms with Crippen LogP contribution in [0.4, 0.5) is 65.9 Å². The van der Waals surface area contributed by atoms with Crippen LogP contribution in [-0.2, 0) is 18.9 Å². The molecule has 8 nitrogen and oxygen atoms in total. The van der Waals surface area contributed by atoms with Gasteiger partial charge in [-0.2, -0.15) is 61.5 Å². The Labute approximate surface area is 289 Å². The fourth-order valence-corrected chi connectivity index (χ4v) is 3.31. The average molecular weight is 803 g/mol. The van der Waals surface area contributed by atoms with Crippen LogP contribution in [0, 0.1) is 0 Å². The molecule has 0 amide bonds. The number of benzene rings is 2. The van der Waals surface area contributed by atoms with Gasteiger partial charge in [0, 0.05) is 6.92 Å². The Balaban J connectivity index is 2.17. The molecule has 0 saturated carbocycles. The molecule has 0 saturated heterocycles. The maximum Gasteiger partial charge on any atom is 0.451 e. The van der Waals surface area contributed by atoms with Gasteiger partial charge < -0.3 is 23.7 Å². The number of halogens is 15. The van der Waals surface area contributed by atoms with E-state index in [-0.39, 0.29) is 25.2 Å². The molecule has 0 radical (unpaired) electrons. The SMILES string of the molecule is CC(C)(F)C(F)(F)OC(F)(COCCOc1ccc(C(=O)Oc2ccccc2)cc1OCCOCC(F)(OC(F)(F)C(C)(F)F)C(F)(F)F)C(F)(F)F. The van der Waals surface area contributed by atoms with Crippen LogP contribution in [0.3, 0.4) is 0 Å². The van der Waals surface area contributed by atoms with Crippen molar-refractivity contribution >= 4 is 5.97 Å². The minimum absolute atomic E-state index is 0.0541. The molecule has 0 heterocycles. The molecule has 23 heteroatoms. The minimum atomic E-state index is -6.31. The van der Waals surface area contributed by atoms with Gasteiger partial charge in [-0.15, -0.1) is 0 Å². The van der Waals surface area contributed by atoms with Crippen LogP contribution in [0.25, 0.3) is 0 Å². The quantitative estimate of drug-likeness (QED) is 0.0570. The Morgan fingerprint density at radius 2 is 1.02 bits per heavy atom. The number of carbonyl (C=O) groups is 1. The van der Waals surface area contributed by atoms with Gasteiger partial charge in [-0.1, -0.05) is 18.2 Å². The Hall–Kier alpha value is -3.70. The van der Waals surface area contributed by atoms with E-state index in [4.69, 9.17) is 14.2 Å². The number of alkyl halides is 15. The van der Waals surface area contributed by atoms with Gasteiger partial charge in [0.1, 0.15) is 32.2 Å². The first-order valence-electron chi connectivity index (χ1n) is 14.5. The number of para-hydroxylation sites is 1. The lowest BCUT2D eigenvalue weighted by Crippen LogP contribution is -2.56. The lowest BCUT2D eigenvalue weighted by Gasteiger charge is -2.34. The maximum atomic E-state index is 14.5. The van der Waals surface area contributed by atoms with E-state index < -0.39 is 112 Å². The zero-order valence-corrected chi connectivity index (χ0v) is 27.3. The number of hydrogen-bond acceptors (Lipinski definition) is 8. The van der Waals surface area contributed by atoms with Gasteiger partial charge in [-0.05, 0) is 44.2 Å². The fraction of sp³-hybridized carbons (Fsp3) is 0.567. The summed E-state index contributed by atoms with van der Waals surface area (Å²) < 4.78 is 232. The molecule has 2 aromatic rings. The third-order valence-electron chi connectivity index (χ3n) is 6.31. The Kier molecular flexibility index (Phi) is 14.4. The van der Waals surface area contributed by atoms with Gasteiger partial charge in [0.15, 0.2) is 17.2 Å². The van der Waals surface area contributed by atoms with Crippen molar-refractivity contribution in [1.82, 2.24) is 0 Å². The standard InChI is InChI=1S/C30H29F15O8/c1-23(2,31)29(42,43)52-25(34,27(36,37)38)16-47-11-13-49-20-10-9-18(22(46)51-19-7-5-4-6-8-19)15-21(20)50-14-12-48-17-26(35,28(39,40)41)53-30(44,45)24(3,32)33/h4-10,15H,11-14,16-17H2,1-3H3. The van der Waals surface area contributed by atoms with Crippen molar-refractivity contribution in [3.05, 3.63) is 54.1 Å². The highest BCUT2D eigenvalue weighted by atomic mass is 19.4. The molecule has 0 aliphatic heterocycles. The highest BCUT2D eigenvalue weighted by molar-refractivity contribution is 5.91. The third-order valence-corrected chi connectivity index (χ3v) is 6.31. The summed E-state index contributed by atoms with van der Waals surface area (Å²) in [5.41, 5.74) is -4.06. The van der Waals surface area contributed by atoms with Gasteiger partial charge in [-0.3, -0.25) is 9.47 Å². The maximum absolute atomic E-state index is 14.5. The fourth-order valence-electron chi connectivity index (χ4n) is 3.31. The van der Waals surface area contributed by atoms with Crippen LogP contribution in [-0.4, -0.2) is 93.5 Å². The highest BCUT2D eigenvalue weighted by Crippen LogP contribution is 2.46. The van der Waals surface area contributed by atoms with Crippen LogP contribution < -0.4 is 14.2 Å². The molecule has 0 aliphatic carbocycles. The van der Waals surface area contributed by atoms with Crippen molar-refractivity contribution in [2.24, 2.45) is 0 Å². The molecule has 2 aromatic carbocycles. The number of ether oxygens (including phenoxy) is 7. The van der Waals surface area contributed by atoms with E-state index >= 15 is 0 Å². The Morgan fingerprint density at radius 3 is 1.45 bits per heavy atom. The van der Waals surface area contributed by atoms with E-state index in [1.807, 2.05) is 0 Å². The molecule has 0 fully saturated rings. The Bertz CT molecular complexity index is 1480. The molecule has 302 valence electrons. The number of esters is 1. The summed E-state index contributed by atoms with van der Waals surface area (Å²) in [4.78, 5) is 12.6. The van der Waals surface area contributed by atoms with Gasteiger partial charge in [-0.25, -0.2) is 9.18 Å². The number of hydrogen-bond donors (Lipinski definition) is 0. The molecule has 0 N–H and O–H groups in total. The van der Waals surface area contributed by atoms with Crippen LogP contribution in [0.15, 0.2) is 48.5 Å². The normalized spacial score (nSPS) is 15.7. The average Bonchev–Trinajstić information content (AvgIpc) is 2.99. The summed E-state index contributed by atoms with van der Waals surface area (Å²) in [6.45, 7) is -8.77. The van der Waals surface area contributed by atoms with Gasteiger partial charge in [0.2, 0.25) is 0 Å². The molecule has 0 bridgehead atoms. The third kappa shape index (κ3) is 12.4. The molecule has 53 heavy (non-hydrogen) atoms.